The number of alkyl halides is 2. The van der Waals surface area contributed by atoms with E-state index in [0.29, 0.717) is 44.7 Å². The van der Waals surface area contributed by atoms with Crippen LogP contribution in [0.4, 0.5) is 14.6 Å². The van der Waals surface area contributed by atoms with Crippen LogP contribution < -0.4 is 4.90 Å². The van der Waals surface area contributed by atoms with Crippen molar-refractivity contribution in [2.24, 2.45) is 0 Å². The summed E-state index contributed by atoms with van der Waals surface area (Å²) in [4.78, 5) is 8.60. The van der Waals surface area contributed by atoms with Crippen molar-refractivity contribution in [2.45, 2.75) is 57.3 Å². The van der Waals surface area contributed by atoms with Gasteiger partial charge in [-0.25, -0.2) is 4.98 Å². The van der Waals surface area contributed by atoms with E-state index < -0.39 is 18.3 Å². The average molecular weight is 452 g/mol. The number of benzene rings is 1. The molecule has 0 amide bonds. The molecule has 5 nitrogen and oxygen atoms in total. The second kappa shape index (κ2) is 9.10. The number of halogens is 2. The van der Waals surface area contributed by atoms with Gasteiger partial charge in [0.25, 0.3) is 0 Å². The first-order valence-electron chi connectivity index (χ1n) is 11.0. The second-order valence-corrected chi connectivity index (χ2v) is 9.94. The van der Waals surface area contributed by atoms with Crippen molar-refractivity contribution in [3.05, 3.63) is 45.8 Å². The van der Waals surface area contributed by atoms with Crippen molar-refractivity contribution < 1.29 is 18.6 Å². The zero-order chi connectivity index (χ0) is 22.1. The van der Waals surface area contributed by atoms with Crippen molar-refractivity contribution in [1.29, 1.82) is 0 Å². The minimum atomic E-state index is -3.18. The first-order chi connectivity index (χ1) is 14.8. The Bertz CT molecular complexity index is 881. The summed E-state index contributed by atoms with van der Waals surface area (Å²) in [7, 11) is 0. The minimum absolute atomic E-state index is 0.134. The number of aliphatic hydroxyl groups is 1. The van der Waals surface area contributed by atoms with Gasteiger partial charge in [0.15, 0.2) is 0 Å². The fourth-order valence-electron chi connectivity index (χ4n) is 4.51. The molecule has 2 aliphatic rings. The molecule has 31 heavy (non-hydrogen) atoms. The van der Waals surface area contributed by atoms with Gasteiger partial charge in [-0.2, -0.15) is 8.78 Å². The highest BCUT2D eigenvalue weighted by molar-refractivity contribution is 7.10. The highest BCUT2D eigenvalue weighted by atomic mass is 32.1. The summed E-state index contributed by atoms with van der Waals surface area (Å²) in [5.41, 5.74) is 1.45. The largest absolute Gasteiger partial charge is 0.396 e. The number of aliphatic hydroxyl groups excluding tert-OH is 1. The summed E-state index contributed by atoms with van der Waals surface area (Å²) in [6.45, 7) is 6.46. The quantitative estimate of drug-likeness (QED) is 0.711. The number of hydrogen-bond donors (Lipinski definition) is 1. The maximum absolute atomic E-state index is 14.6. The molecule has 0 saturated carbocycles. The van der Waals surface area contributed by atoms with E-state index >= 15 is 0 Å². The van der Waals surface area contributed by atoms with Crippen LogP contribution in [0.1, 0.15) is 48.7 Å². The van der Waals surface area contributed by atoms with Crippen molar-refractivity contribution >= 4 is 17.2 Å². The first kappa shape index (κ1) is 22.6. The molecule has 2 saturated heterocycles. The van der Waals surface area contributed by atoms with Crippen LogP contribution in [0.2, 0.25) is 0 Å². The Balaban J connectivity index is 1.41. The summed E-state index contributed by atoms with van der Waals surface area (Å²) in [5.74, 6) is 0.924. The van der Waals surface area contributed by atoms with Crippen LogP contribution in [0.25, 0.3) is 0 Å². The maximum Gasteiger partial charge on any atom is 0.373 e. The highest BCUT2D eigenvalue weighted by Crippen LogP contribution is 2.40. The van der Waals surface area contributed by atoms with Gasteiger partial charge in [0, 0.05) is 44.1 Å². The van der Waals surface area contributed by atoms with Gasteiger partial charge in [0.2, 0.25) is 0 Å². The van der Waals surface area contributed by atoms with Gasteiger partial charge in [-0.3, -0.25) is 4.90 Å². The van der Waals surface area contributed by atoms with E-state index in [-0.39, 0.29) is 12.5 Å². The molecular weight excluding hydrogens is 420 g/mol. The van der Waals surface area contributed by atoms with Crippen LogP contribution in [0, 0.1) is 0 Å². The van der Waals surface area contributed by atoms with Crippen molar-refractivity contribution in [1.82, 2.24) is 9.88 Å². The SMILES string of the molecule is CC(C)c1nc(N2CC(F)(F)OC3(CCN(Cc4cccc(CCO)c4)CC3)C2)cs1. The van der Waals surface area contributed by atoms with Gasteiger partial charge in [0.1, 0.15) is 12.4 Å². The number of rotatable bonds is 6. The molecule has 8 heteroatoms. The number of aromatic nitrogens is 1. The normalized spacial score (nSPS) is 21.2. The van der Waals surface area contributed by atoms with E-state index in [2.05, 4.69) is 35.9 Å². The Labute approximate surface area is 186 Å². The molecular formula is C23H31F2N3O2S. The van der Waals surface area contributed by atoms with Gasteiger partial charge in [-0.15, -0.1) is 11.3 Å². The number of piperidine rings is 1. The van der Waals surface area contributed by atoms with Gasteiger partial charge in [-0.1, -0.05) is 38.1 Å². The van der Waals surface area contributed by atoms with Crippen LogP contribution in [0.3, 0.4) is 0 Å². The van der Waals surface area contributed by atoms with Crippen LogP contribution >= 0.6 is 11.3 Å². The van der Waals surface area contributed by atoms with Crippen LogP contribution in [0.15, 0.2) is 29.6 Å². The van der Waals surface area contributed by atoms with Crippen molar-refractivity contribution in [3.8, 4) is 0 Å². The predicted octanol–water partition coefficient (Wildman–Crippen LogP) is 4.27. The number of anilines is 1. The lowest BCUT2D eigenvalue weighted by atomic mass is 9.88. The van der Waals surface area contributed by atoms with Gasteiger partial charge in [0.05, 0.1) is 10.6 Å². The molecule has 0 atom stereocenters. The summed E-state index contributed by atoms with van der Waals surface area (Å²) >= 11 is 1.53. The molecule has 2 aliphatic heterocycles. The molecule has 4 rings (SSSR count). The lowest BCUT2D eigenvalue weighted by Crippen LogP contribution is -2.62. The monoisotopic (exact) mass is 451 g/mol. The molecule has 0 unspecified atom stereocenters. The van der Waals surface area contributed by atoms with E-state index in [9.17, 15) is 8.78 Å². The number of ether oxygens (including phenoxy) is 1. The minimum Gasteiger partial charge on any atom is -0.396 e. The Hall–Kier alpha value is -1.61. The Kier molecular flexibility index (Phi) is 6.62. The number of morpholine rings is 1. The Morgan fingerprint density at radius 3 is 2.61 bits per heavy atom. The van der Waals surface area contributed by atoms with Gasteiger partial charge >= 0.3 is 6.11 Å². The first-order valence-corrected chi connectivity index (χ1v) is 11.8. The number of likely N-dealkylation sites (tertiary alicyclic amines) is 1. The molecule has 2 fully saturated rings. The van der Waals surface area contributed by atoms with E-state index in [4.69, 9.17) is 9.84 Å². The van der Waals surface area contributed by atoms with E-state index in [0.717, 1.165) is 17.1 Å². The molecule has 0 aliphatic carbocycles. The topological polar surface area (TPSA) is 48.8 Å². The van der Waals surface area contributed by atoms with E-state index in [1.807, 2.05) is 17.5 Å². The molecule has 0 bridgehead atoms. The number of hydrogen-bond acceptors (Lipinski definition) is 6. The molecule has 1 N–H and O–H groups in total. The van der Waals surface area contributed by atoms with E-state index in [1.165, 1.54) is 16.9 Å². The lowest BCUT2D eigenvalue weighted by molar-refractivity contribution is -0.309. The zero-order valence-electron chi connectivity index (χ0n) is 18.2. The van der Waals surface area contributed by atoms with Gasteiger partial charge in [-0.05, 0) is 30.4 Å². The fraction of sp³-hybridized carbons (Fsp3) is 0.609. The smallest absolute Gasteiger partial charge is 0.373 e. The molecule has 1 aromatic carbocycles. The van der Waals surface area contributed by atoms with Crippen molar-refractivity contribution in [3.63, 3.8) is 0 Å². The molecule has 1 spiro atoms. The zero-order valence-corrected chi connectivity index (χ0v) is 19.0. The Morgan fingerprint density at radius 1 is 1.19 bits per heavy atom. The average Bonchev–Trinajstić information content (AvgIpc) is 3.20. The third kappa shape index (κ3) is 5.42. The fourth-order valence-corrected chi connectivity index (χ4v) is 5.35. The molecule has 1 aromatic heterocycles. The lowest BCUT2D eigenvalue weighted by Gasteiger charge is -2.49. The van der Waals surface area contributed by atoms with Gasteiger partial charge < -0.3 is 14.7 Å². The molecule has 3 heterocycles. The number of thiazole rings is 1. The molecule has 170 valence electrons. The maximum atomic E-state index is 14.6. The highest BCUT2D eigenvalue weighted by Gasteiger charge is 2.51. The van der Waals surface area contributed by atoms with Crippen molar-refractivity contribution in [2.75, 3.05) is 37.7 Å². The summed E-state index contributed by atoms with van der Waals surface area (Å²) in [6, 6.07) is 8.21. The van der Waals surface area contributed by atoms with Crippen LogP contribution in [0.5, 0.6) is 0 Å². The second-order valence-electron chi connectivity index (χ2n) is 9.05. The van der Waals surface area contributed by atoms with E-state index in [1.54, 1.807) is 4.90 Å². The molecule has 0 radical (unpaired) electrons. The van der Waals surface area contributed by atoms with Crippen LogP contribution in [-0.2, 0) is 17.7 Å². The summed E-state index contributed by atoms with van der Waals surface area (Å²) in [5, 5.41) is 12.0. The summed E-state index contributed by atoms with van der Waals surface area (Å²) < 4.78 is 34.6. The standard InChI is InChI=1S/C23H31F2N3O2S/c1-17(2)21-26-20(14-31-21)28-15-22(30-23(24,25)16-28)7-9-27(10-8-22)13-19-5-3-4-18(12-19)6-11-29/h3-5,12,14,17,29H,6-11,13,15-16H2,1-2H3. The van der Waals surface area contributed by atoms with Crippen LogP contribution in [-0.4, -0.2) is 59.5 Å². The Morgan fingerprint density at radius 2 is 1.94 bits per heavy atom. The summed E-state index contributed by atoms with van der Waals surface area (Å²) in [6.07, 6.45) is -1.40. The molecule has 2 aromatic rings. The predicted molar refractivity (Wildman–Crippen MR) is 119 cm³/mol. The third-order valence-corrected chi connectivity index (χ3v) is 7.25. The third-order valence-electron chi connectivity index (χ3n) is 6.11. The number of nitrogens with zero attached hydrogens (tertiary/aromatic N) is 3.